The Balaban J connectivity index is 1.96. The Morgan fingerprint density at radius 1 is 1.35 bits per heavy atom. The van der Waals surface area contributed by atoms with Gasteiger partial charge in [0.2, 0.25) is 0 Å². The first-order valence-electron chi connectivity index (χ1n) is 7.95. The fourth-order valence-corrected chi connectivity index (χ4v) is 4.35. The second kappa shape index (κ2) is 7.90. The van der Waals surface area contributed by atoms with Crippen molar-refractivity contribution in [2.75, 3.05) is 7.11 Å². The summed E-state index contributed by atoms with van der Waals surface area (Å²) < 4.78 is 9.15. The van der Waals surface area contributed by atoms with Gasteiger partial charge in [0, 0.05) is 4.47 Å². The van der Waals surface area contributed by atoms with E-state index in [1.54, 1.807) is 7.11 Å². The number of methoxy groups -OCH3 is 1. The molecule has 0 radical (unpaired) electrons. The molecule has 0 atom stereocenters. The SMILES string of the molecule is C#CCn1c(=NC(=O)Cc2ccc(OC)c(C)c2)sc2cc(Br)ccc21. The Hall–Kier alpha value is -2.36. The molecule has 1 heterocycles. The molecule has 0 aliphatic carbocycles. The van der Waals surface area contributed by atoms with Gasteiger partial charge >= 0.3 is 0 Å². The quantitative estimate of drug-likeness (QED) is 0.587. The van der Waals surface area contributed by atoms with Crippen molar-refractivity contribution in [1.29, 1.82) is 0 Å². The molecule has 0 N–H and O–H groups in total. The third-order valence-electron chi connectivity index (χ3n) is 3.93. The Bertz CT molecular complexity index is 1090. The molecule has 0 fully saturated rings. The van der Waals surface area contributed by atoms with Crippen LogP contribution in [0.1, 0.15) is 11.1 Å². The second-order valence-electron chi connectivity index (χ2n) is 5.77. The van der Waals surface area contributed by atoms with Crippen molar-refractivity contribution in [2.24, 2.45) is 4.99 Å². The lowest BCUT2D eigenvalue weighted by Crippen LogP contribution is -2.17. The van der Waals surface area contributed by atoms with E-state index in [2.05, 4.69) is 26.8 Å². The van der Waals surface area contributed by atoms with Crippen LogP contribution in [-0.4, -0.2) is 17.6 Å². The number of aryl methyl sites for hydroxylation is 1. The van der Waals surface area contributed by atoms with E-state index in [9.17, 15) is 4.79 Å². The molecule has 1 aromatic heterocycles. The van der Waals surface area contributed by atoms with E-state index >= 15 is 0 Å². The lowest BCUT2D eigenvalue weighted by Gasteiger charge is -2.06. The zero-order valence-electron chi connectivity index (χ0n) is 14.5. The Morgan fingerprint density at radius 3 is 2.85 bits per heavy atom. The molecule has 4 nitrogen and oxygen atoms in total. The molecule has 132 valence electrons. The molecule has 0 aliphatic rings. The number of halogens is 1. The summed E-state index contributed by atoms with van der Waals surface area (Å²) in [6, 6.07) is 11.6. The molecular formula is C20H17BrN2O2S. The number of hydrogen-bond donors (Lipinski definition) is 0. The van der Waals surface area contributed by atoms with E-state index < -0.39 is 0 Å². The molecule has 0 spiro atoms. The average molecular weight is 429 g/mol. The first-order valence-corrected chi connectivity index (χ1v) is 9.56. The molecule has 1 amide bonds. The number of hydrogen-bond acceptors (Lipinski definition) is 3. The van der Waals surface area contributed by atoms with Crippen molar-refractivity contribution in [3.63, 3.8) is 0 Å². The first-order chi connectivity index (χ1) is 12.5. The number of aromatic nitrogens is 1. The number of nitrogens with zero attached hydrogens (tertiary/aromatic N) is 2. The number of thiazole rings is 1. The van der Waals surface area contributed by atoms with Crippen molar-refractivity contribution < 1.29 is 9.53 Å². The largest absolute Gasteiger partial charge is 0.496 e. The van der Waals surface area contributed by atoms with E-state index in [0.717, 1.165) is 31.6 Å². The topological polar surface area (TPSA) is 43.6 Å². The molecular weight excluding hydrogens is 412 g/mol. The number of carbonyl (C=O) groups is 1. The van der Waals surface area contributed by atoms with E-state index in [0.29, 0.717) is 11.3 Å². The highest BCUT2D eigenvalue weighted by molar-refractivity contribution is 9.10. The number of benzene rings is 2. The molecule has 2 aromatic carbocycles. The van der Waals surface area contributed by atoms with Crippen molar-refractivity contribution in [3.8, 4) is 18.1 Å². The molecule has 0 aliphatic heterocycles. The molecule has 0 saturated heterocycles. The van der Waals surface area contributed by atoms with Crippen LogP contribution in [0.4, 0.5) is 0 Å². The normalized spacial score (nSPS) is 11.5. The molecule has 0 bridgehead atoms. The van der Waals surface area contributed by atoms with Gasteiger partial charge in [-0.25, -0.2) is 0 Å². The third kappa shape index (κ3) is 3.90. The fourth-order valence-electron chi connectivity index (χ4n) is 2.75. The van der Waals surface area contributed by atoms with Crippen LogP contribution in [0.15, 0.2) is 45.9 Å². The highest BCUT2D eigenvalue weighted by Gasteiger charge is 2.09. The van der Waals surface area contributed by atoms with Gasteiger partial charge in [-0.3, -0.25) is 4.79 Å². The van der Waals surface area contributed by atoms with Gasteiger partial charge in [0.15, 0.2) is 4.80 Å². The Kier molecular flexibility index (Phi) is 5.60. The van der Waals surface area contributed by atoms with E-state index in [1.807, 2.05) is 47.9 Å². The summed E-state index contributed by atoms with van der Waals surface area (Å²) in [4.78, 5) is 17.4. The molecule has 3 aromatic rings. The summed E-state index contributed by atoms with van der Waals surface area (Å²) in [7, 11) is 1.63. The van der Waals surface area contributed by atoms with Crippen molar-refractivity contribution >= 4 is 43.4 Å². The maximum atomic E-state index is 12.5. The predicted octanol–water partition coefficient (Wildman–Crippen LogP) is 4.09. The van der Waals surface area contributed by atoms with Gasteiger partial charge < -0.3 is 9.30 Å². The third-order valence-corrected chi connectivity index (χ3v) is 5.46. The highest BCUT2D eigenvalue weighted by Crippen LogP contribution is 2.22. The van der Waals surface area contributed by atoms with Crippen LogP contribution in [-0.2, 0) is 17.8 Å². The van der Waals surface area contributed by atoms with E-state index in [4.69, 9.17) is 11.2 Å². The van der Waals surface area contributed by atoms with Gasteiger partial charge in [0.05, 0.1) is 30.3 Å². The lowest BCUT2D eigenvalue weighted by atomic mass is 10.1. The summed E-state index contributed by atoms with van der Waals surface area (Å²) >= 11 is 4.92. The van der Waals surface area contributed by atoms with Gasteiger partial charge in [-0.1, -0.05) is 45.3 Å². The predicted molar refractivity (Wildman–Crippen MR) is 108 cm³/mol. The smallest absolute Gasteiger partial charge is 0.252 e. The average Bonchev–Trinajstić information content (AvgIpc) is 2.91. The number of rotatable bonds is 4. The molecule has 0 saturated carbocycles. The summed E-state index contributed by atoms with van der Waals surface area (Å²) in [5.41, 5.74) is 2.87. The van der Waals surface area contributed by atoms with E-state index in [1.165, 1.54) is 11.3 Å². The maximum Gasteiger partial charge on any atom is 0.252 e. The monoisotopic (exact) mass is 428 g/mol. The summed E-state index contributed by atoms with van der Waals surface area (Å²) in [6.07, 6.45) is 5.73. The molecule has 26 heavy (non-hydrogen) atoms. The summed E-state index contributed by atoms with van der Waals surface area (Å²) in [5.74, 6) is 3.24. The summed E-state index contributed by atoms with van der Waals surface area (Å²) in [5, 5.41) is 0. The number of fused-ring (bicyclic) bond motifs is 1. The van der Waals surface area contributed by atoms with Gasteiger partial charge in [-0.15, -0.1) is 6.42 Å². The highest BCUT2D eigenvalue weighted by atomic mass is 79.9. The number of amides is 1. The van der Waals surface area contributed by atoms with Crippen LogP contribution in [0.25, 0.3) is 10.2 Å². The van der Waals surface area contributed by atoms with Gasteiger partial charge in [-0.2, -0.15) is 4.99 Å². The minimum atomic E-state index is -0.203. The minimum Gasteiger partial charge on any atom is -0.496 e. The van der Waals surface area contributed by atoms with E-state index in [-0.39, 0.29) is 12.3 Å². The number of carbonyl (C=O) groups excluding carboxylic acids is 1. The van der Waals surface area contributed by atoms with Crippen LogP contribution in [0.2, 0.25) is 0 Å². The zero-order valence-corrected chi connectivity index (χ0v) is 16.9. The van der Waals surface area contributed by atoms with Crippen LogP contribution in [0.3, 0.4) is 0 Å². The van der Waals surface area contributed by atoms with Crippen molar-refractivity contribution in [2.45, 2.75) is 19.9 Å². The Labute approximate surface area is 164 Å². The molecule has 0 unspecified atom stereocenters. The van der Waals surface area contributed by atoms with Crippen molar-refractivity contribution in [1.82, 2.24) is 4.57 Å². The van der Waals surface area contributed by atoms with Crippen molar-refractivity contribution in [3.05, 3.63) is 56.8 Å². The lowest BCUT2D eigenvalue weighted by molar-refractivity contribution is -0.117. The van der Waals surface area contributed by atoms with Crippen LogP contribution < -0.4 is 9.54 Å². The number of terminal acetylenes is 1. The fraction of sp³-hybridized carbons (Fsp3) is 0.200. The van der Waals surface area contributed by atoms with Crippen LogP contribution in [0.5, 0.6) is 5.75 Å². The van der Waals surface area contributed by atoms with Gasteiger partial charge in [0.1, 0.15) is 5.75 Å². The molecule has 3 rings (SSSR count). The number of ether oxygens (including phenoxy) is 1. The second-order valence-corrected chi connectivity index (χ2v) is 7.70. The standard InChI is InChI=1S/C20H17BrN2O2S/c1-4-9-23-16-7-6-15(21)12-18(16)26-20(23)22-19(24)11-14-5-8-17(25-3)13(2)10-14/h1,5-8,10,12H,9,11H2,2-3H3. The Morgan fingerprint density at radius 2 is 2.15 bits per heavy atom. The van der Waals surface area contributed by atoms with Crippen LogP contribution in [0, 0.1) is 19.3 Å². The summed E-state index contributed by atoms with van der Waals surface area (Å²) in [6.45, 7) is 2.32. The first kappa shape index (κ1) is 18.4. The minimum absolute atomic E-state index is 0.203. The van der Waals surface area contributed by atoms with Gasteiger partial charge in [0.25, 0.3) is 5.91 Å². The van der Waals surface area contributed by atoms with Gasteiger partial charge in [-0.05, 0) is 42.3 Å². The molecule has 6 heteroatoms. The maximum absolute atomic E-state index is 12.5. The van der Waals surface area contributed by atoms with Crippen LogP contribution >= 0.6 is 27.3 Å². The zero-order chi connectivity index (χ0) is 18.7.